The van der Waals surface area contributed by atoms with Gasteiger partial charge in [-0.25, -0.2) is 4.39 Å². The normalized spacial score (nSPS) is 16.6. The third kappa shape index (κ3) is 5.06. The topological polar surface area (TPSA) is 66.8 Å². The van der Waals surface area contributed by atoms with Crippen LogP contribution in [0.15, 0.2) is 109 Å². The molecule has 0 radical (unpaired) electrons. The number of hydrogen-bond acceptors (Lipinski definition) is 4. The zero-order chi connectivity index (χ0) is 26.6. The van der Waals surface area contributed by atoms with Crippen LogP contribution in [0.25, 0.3) is 5.76 Å². The molecular weight excluding hydrogens is 481 g/mol. The summed E-state index contributed by atoms with van der Waals surface area (Å²) in [5.41, 5.74) is 3.60. The lowest BCUT2D eigenvalue weighted by molar-refractivity contribution is -0.140. The quantitative estimate of drug-likeness (QED) is 0.180. The highest BCUT2D eigenvalue weighted by Crippen LogP contribution is 2.40. The van der Waals surface area contributed by atoms with Crippen molar-refractivity contribution in [1.82, 2.24) is 4.90 Å². The smallest absolute Gasteiger partial charge is 0.295 e. The number of aliphatic hydroxyl groups excluding tert-OH is 1. The first-order valence-electron chi connectivity index (χ1n) is 12.3. The molecule has 1 fully saturated rings. The molecule has 6 heteroatoms. The van der Waals surface area contributed by atoms with E-state index in [1.54, 1.807) is 30.3 Å². The standard InChI is InChI=1S/C32H26FNO4/c1-21-18-25(14-17-27(21)38-20-23-8-4-2-5-9-23)30(35)28-29(24-10-6-3-7-11-24)34(32(37)31(28)36)19-22-12-15-26(33)16-13-22/h2-18,29,35H,19-20H2,1H3/b30-28-. The molecule has 1 N–H and O–H groups in total. The van der Waals surface area contributed by atoms with E-state index < -0.39 is 17.7 Å². The number of carbonyl (C=O) groups is 2. The number of nitrogens with zero attached hydrogens (tertiary/aromatic N) is 1. The summed E-state index contributed by atoms with van der Waals surface area (Å²) in [4.78, 5) is 27.9. The summed E-state index contributed by atoms with van der Waals surface area (Å²) in [5, 5.41) is 11.4. The number of likely N-dealkylation sites (tertiary alicyclic amines) is 1. The van der Waals surface area contributed by atoms with Gasteiger partial charge in [0.1, 0.15) is 23.9 Å². The number of carbonyl (C=O) groups excluding carboxylic acids is 2. The number of ketones is 1. The molecule has 0 saturated carbocycles. The van der Waals surface area contributed by atoms with E-state index in [0.29, 0.717) is 29.0 Å². The molecule has 1 amide bonds. The number of amides is 1. The van der Waals surface area contributed by atoms with Gasteiger partial charge < -0.3 is 14.7 Å². The van der Waals surface area contributed by atoms with Crippen LogP contribution in [0.1, 0.15) is 33.9 Å². The first-order valence-corrected chi connectivity index (χ1v) is 12.3. The molecule has 1 unspecified atom stereocenters. The molecule has 0 aromatic heterocycles. The van der Waals surface area contributed by atoms with Gasteiger partial charge in [0, 0.05) is 12.1 Å². The molecule has 0 aliphatic carbocycles. The minimum absolute atomic E-state index is 0.0145. The highest BCUT2D eigenvalue weighted by atomic mass is 19.1. The number of hydrogen-bond donors (Lipinski definition) is 1. The van der Waals surface area contributed by atoms with Crippen molar-refractivity contribution in [2.75, 3.05) is 0 Å². The number of benzene rings is 4. The van der Waals surface area contributed by atoms with Gasteiger partial charge in [-0.2, -0.15) is 0 Å². The van der Waals surface area contributed by atoms with Crippen LogP contribution in [0.5, 0.6) is 5.75 Å². The Hall–Kier alpha value is -4.71. The van der Waals surface area contributed by atoms with Gasteiger partial charge in [-0.05, 0) is 59.5 Å². The molecule has 1 aliphatic rings. The van der Waals surface area contributed by atoms with Gasteiger partial charge in [-0.1, -0.05) is 72.8 Å². The lowest BCUT2D eigenvalue weighted by atomic mass is 9.94. The molecule has 1 saturated heterocycles. The fraction of sp³-hybridized carbons (Fsp3) is 0.125. The van der Waals surface area contributed by atoms with E-state index in [9.17, 15) is 19.1 Å². The molecule has 0 bridgehead atoms. The van der Waals surface area contributed by atoms with Crippen molar-refractivity contribution >= 4 is 17.4 Å². The minimum Gasteiger partial charge on any atom is -0.507 e. The predicted molar refractivity (Wildman–Crippen MR) is 143 cm³/mol. The van der Waals surface area contributed by atoms with E-state index >= 15 is 0 Å². The zero-order valence-electron chi connectivity index (χ0n) is 20.8. The number of ether oxygens (including phenoxy) is 1. The molecule has 0 spiro atoms. The molecular formula is C32H26FNO4. The number of halogens is 1. The third-order valence-electron chi connectivity index (χ3n) is 6.61. The first-order chi connectivity index (χ1) is 18.4. The summed E-state index contributed by atoms with van der Waals surface area (Å²) >= 11 is 0. The zero-order valence-corrected chi connectivity index (χ0v) is 20.8. The van der Waals surface area contributed by atoms with Crippen molar-refractivity contribution in [3.05, 3.63) is 142 Å². The molecule has 5 nitrogen and oxygen atoms in total. The summed E-state index contributed by atoms with van der Waals surface area (Å²) in [6, 6.07) is 29.0. The average molecular weight is 508 g/mol. The molecule has 5 rings (SSSR count). The Bertz CT molecular complexity index is 1500. The molecule has 4 aromatic rings. The van der Waals surface area contributed by atoms with Crippen LogP contribution in [0.3, 0.4) is 0 Å². The largest absolute Gasteiger partial charge is 0.507 e. The fourth-order valence-corrected chi connectivity index (χ4v) is 4.66. The SMILES string of the molecule is Cc1cc(/C(O)=C2/C(=O)C(=O)N(Cc3ccc(F)cc3)C2c2ccccc2)ccc1OCc1ccccc1. The summed E-state index contributed by atoms with van der Waals surface area (Å²) in [6.07, 6.45) is 0. The molecule has 190 valence electrons. The fourth-order valence-electron chi connectivity index (χ4n) is 4.66. The van der Waals surface area contributed by atoms with E-state index in [2.05, 4.69) is 0 Å². The Kier molecular flexibility index (Phi) is 7.05. The minimum atomic E-state index is -0.796. The van der Waals surface area contributed by atoms with Crippen molar-refractivity contribution < 1.29 is 23.8 Å². The Morgan fingerprint density at radius 1 is 0.868 bits per heavy atom. The van der Waals surface area contributed by atoms with Crippen molar-refractivity contribution in [2.24, 2.45) is 0 Å². The molecule has 4 aromatic carbocycles. The maximum Gasteiger partial charge on any atom is 0.295 e. The van der Waals surface area contributed by atoms with Gasteiger partial charge in [0.2, 0.25) is 0 Å². The lowest BCUT2D eigenvalue weighted by Crippen LogP contribution is -2.29. The summed E-state index contributed by atoms with van der Waals surface area (Å²) < 4.78 is 19.4. The number of aryl methyl sites for hydroxylation is 1. The second-order valence-electron chi connectivity index (χ2n) is 9.22. The van der Waals surface area contributed by atoms with Crippen molar-refractivity contribution in [3.63, 3.8) is 0 Å². The van der Waals surface area contributed by atoms with Crippen molar-refractivity contribution in [2.45, 2.75) is 26.1 Å². The van der Waals surface area contributed by atoms with Gasteiger partial charge >= 0.3 is 0 Å². The van der Waals surface area contributed by atoms with Crippen LogP contribution >= 0.6 is 0 Å². The van der Waals surface area contributed by atoms with Crippen LogP contribution in [0.4, 0.5) is 4.39 Å². The third-order valence-corrected chi connectivity index (χ3v) is 6.61. The van der Waals surface area contributed by atoms with Crippen LogP contribution in [0, 0.1) is 12.7 Å². The second kappa shape index (κ2) is 10.7. The monoisotopic (exact) mass is 507 g/mol. The molecule has 38 heavy (non-hydrogen) atoms. The predicted octanol–water partition coefficient (Wildman–Crippen LogP) is 6.34. The van der Waals surface area contributed by atoms with Gasteiger partial charge in [0.25, 0.3) is 11.7 Å². The van der Waals surface area contributed by atoms with Crippen molar-refractivity contribution in [1.29, 1.82) is 0 Å². The molecule has 1 heterocycles. The molecule has 1 aliphatic heterocycles. The second-order valence-corrected chi connectivity index (χ2v) is 9.22. The van der Waals surface area contributed by atoms with E-state index in [4.69, 9.17) is 4.74 Å². The maximum atomic E-state index is 13.4. The number of rotatable bonds is 7. The highest BCUT2D eigenvalue weighted by molar-refractivity contribution is 6.46. The van der Waals surface area contributed by atoms with Crippen LogP contribution in [0.2, 0.25) is 0 Å². The van der Waals surface area contributed by atoms with E-state index in [1.807, 2.05) is 67.6 Å². The van der Waals surface area contributed by atoms with Gasteiger partial charge in [-0.3, -0.25) is 9.59 Å². The van der Waals surface area contributed by atoms with E-state index in [-0.39, 0.29) is 23.7 Å². The average Bonchev–Trinajstić information content (AvgIpc) is 3.19. The van der Waals surface area contributed by atoms with Crippen molar-refractivity contribution in [3.8, 4) is 5.75 Å². The van der Waals surface area contributed by atoms with E-state index in [1.165, 1.54) is 17.0 Å². The Labute approximate surface area is 220 Å². The summed E-state index contributed by atoms with van der Waals surface area (Å²) in [6.45, 7) is 2.35. The van der Waals surface area contributed by atoms with Gasteiger partial charge in [-0.15, -0.1) is 0 Å². The summed E-state index contributed by atoms with van der Waals surface area (Å²) in [7, 11) is 0. The number of Topliss-reactive ketones (excluding diaryl/α,β-unsaturated/α-hetero) is 1. The Morgan fingerprint density at radius 3 is 2.18 bits per heavy atom. The van der Waals surface area contributed by atoms with Gasteiger partial charge in [0.05, 0.1) is 11.6 Å². The maximum absolute atomic E-state index is 13.4. The first kappa shape index (κ1) is 25.0. The van der Waals surface area contributed by atoms with Crippen LogP contribution in [-0.2, 0) is 22.7 Å². The Balaban J connectivity index is 1.50. The van der Waals surface area contributed by atoms with Crippen LogP contribution < -0.4 is 4.74 Å². The highest BCUT2D eigenvalue weighted by Gasteiger charge is 2.46. The summed E-state index contributed by atoms with van der Waals surface area (Å²) in [5.74, 6) is -1.47. The van der Waals surface area contributed by atoms with Gasteiger partial charge in [0.15, 0.2) is 0 Å². The Morgan fingerprint density at radius 2 is 1.53 bits per heavy atom. The van der Waals surface area contributed by atoms with Crippen LogP contribution in [-0.4, -0.2) is 21.7 Å². The van der Waals surface area contributed by atoms with E-state index in [0.717, 1.165) is 11.1 Å². The molecule has 1 atom stereocenters. The lowest BCUT2D eigenvalue weighted by Gasteiger charge is -2.25. The number of aliphatic hydroxyl groups is 1.